The number of nitrogens with zero attached hydrogens (tertiary/aromatic N) is 1. The molecule has 0 spiro atoms. The van der Waals surface area contributed by atoms with E-state index >= 15 is 0 Å². The molecule has 3 fully saturated rings. The number of rotatable bonds is 13. The summed E-state index contributed by atoms with van der Waals surface area (Å²) in [5.41, 5.74) is 0. The zero-order valence-electron chi connectivity index (χ0n) is 20.3. The molecule has 34 heavy (non-hydrogen) atoms. The van der Waals surface area contributed by atoms with Crippen LogP contribution in [0.4, 0.5) is 0 Å². The van der Waals surface area contributed by atoms with Gasteiger partial charge in [0.1, 0.15) is 0 Å². The van der Waals surface area contributed by atoms with Crippen LogP contribution in [0.15, 0.2) is 0 Å². The third-order valence-corrected chi connectivity index (χ3v) is 7.69. The van der Waals surface area contributed by atoms with Gasteiger partial charge in [0.05, 0.1) is 38.8 Å². The summed E-state index contributed by atoms with van der Waals surface area (Å²) in [5.74, 6) is -0.551. The molecule has 1 aliphatic heterocycles. The number of imide groups is 1. The molecule has 2 unspecified atom stereocenters. The molecule has 0 bridgehead atoms. The maximum absolute atomic E-state index is 13.0. The van der Waals surface area contributed by atoms with Gasteiger partial charge in [-0.3, -0.25) is 24.1 Å². The van der Waals surface area contributed by atoms with Gasteiger partial charge in [-0.1, -0.05) is 19.8 Å². The largest absolute Gasteiger partial charge is 0.481 e. The highest BCUT2D eigenvalue weighted by Crippen LogP contribution is 2.41. The van der Waals surface area contributed by atoms with Gasteiger partial charge in [-0.05, 0) is 50.4 Å². The number of carbonyl (C=O) groups is 4. The first-order chi connectivity index (χ1) is 16.4. The average Bonchev–Trinajstić information content (AvgIpc) is 3.41. The first kappa shape index (κ1) is 26.6. The van der Waals surface area contributed by atoms with E-state index in [-0.39, 0.29) is 54.4 Å². The lowest BCUT2D eigenvalue weighted by molar-refractivity contribution is -0.142. The number of carboxylic acid groups (broad SMARTS) is 1. The van der Waals surface area contributed by atoms with Crippen LogP contribution < -0.4 is 5.32 Å². The minimum Gasteiger partial charge on any atom is -0.481 e. The molecule has 192 valence electrons. The monoisotopic (exact) mass is 480 g/mol. The Morgan fingerprint density at radius 2 is 1.59 bits per heavy atom. The number of likely N-dealkylation sites (tertiary alicyclic amines) is 1. The number of carbonyl (C=O) groups excluding carboxylic acids is 3. The molecule has 3 rings (SSSR count). The van der Waals surface area contributed by atoms with Gasteiger partial charge in [0.25, 0.3) is 0 Å². The summed E-state index contributed by atoms with van der Waals surface area (Å²) in [6.07, 6.45) is 7.67. The zero-order valence-corrected chi connectivity index (χ0v) is 20.3. The van der Waals surface area contributed by atoms with E-state index < -0.39 is 5.97 Å². The number of amides is 3. The van der Waals surface area contributed by atoms with Gasteiger partial charge in [-0.25, -0.2) is 0 Å². The van der Waals surface area contributed by atoms with E-state index in [4.69, 9.17) is 14.6 Å². The molecule has 2 N–H and O–H groups in total. The molecule has 9 heteroatoms. The van der Waals surface area contributed by atoms with Crippen molar-refractivity contribution in [3.63, 3.8) is 0 Å². The van der Waals surface area contributed by atoms with E-state index in [1.807, 2.05) is 6.92 Å². The molecule has 0 aromatic carbocycles. The van der Waals surface area contributed by atoms with Crippen molar-refractivity contribution in [2.45, 2.75) is 64.7 Å². The van der Waals surface area contributed by atoms with Crippen LogP contribution >= 0.6 is 0 Å². The van der Waals surface area contributed by atoms with E-state index in [0.29, 0.717) is 38.8 Å². The number of ether oxygens (including phenoxy) is 2. The number of carboxylic acids is 1. The summed E-state index contributed by atoms with van der Waals surface area (Å²) in [7, 11) is 0. The maximum atomic E-state index is 13.0. The highest BCUT2D eigenvalue weighted by Gasteiger charge is 2.49. The van der Waals surface area contributed by atoms with E-state index in [9.17, 15) is 19.2 Å². The lowest BCUT2D eigenvalue weighted by Crippen LogP contribution is -2.39. The van der Waals surface area contributed by atoms with Crippen LogP contribution in [0.1, 0.15) is 64.7 Å². The van der Waals surface area contributed by atoms with Crippen molar-refractivity contribution in [2.24, 2.45) is 29.6 Å². The van der Waals surface area contributed by atoms with Crippen molar-refractivity contribution in [1.29, 1.82) is 0 Å². The Labute approximate surface area is 201 Å². The second-order valence-electron chi connectivity index (χ2n) is 10.0. The molecule has 0 aromatic heterocycles. The molecular formula is C25H40N2O7. The van der Waals surface area contributed by atoms with Crippen molar-refractivity contribution in [3.8, 4) is 0 Å². The first-order valence-corrected chi connectivity index (χ1v) is 12.9. The predicted molar refractivity (Wildman–Crippen MR) is 124 cm³/mol. The molecule has 3 aliphatic rings. The number of hydrogen-bond donors (Lipinski definition) is 2. The van der Waals surface area contributed by atoms with Crippen molar-refractivity contribution in [1.82, 2.24) is 10.2 Å². The van der Waals surface area contributed by atoms with E-state index in [1.165, 1.54) is 4.90 Å². The van der Waals surface area contributed by atoms with Gasteiger partial charge in [0, 0.05) is 24.9 Å². The molecule has 0 radical (unpaired) electrons. The van der Waals surface area contributed by atoms with Gasteiger partial charge < -0.3 is 19.9 Å². The van der Waals surface area contributed by atoms with Crippen LogP contribution in [0.5, 0.6) is 0 Å². The van der Waals surface area contributed by atoms with Crippen molar-refractivity contribution in [2.75, 3.05) is 39.5 Å². The van der Waals surface area contributed by atoms with Gasteiger partial charge in [-0.15, -0.1) is 0 Å². The van der Waals surface area contributed by atoms with Crippen molar-refractivity contribution in [3.05, 3.63) is 0 Å². The van der Waals surface area contributed by atoms with Gasteiger partial charge in [0.15, 0.2) is 0 Å². The van der Waals surface area contributed by atoms with E-state index in [1.54, 1.807) is 0 Å². The lowest BCUT2D eigenvalue weighted by Gasteiger charge is -2.30. The Kier molecular flexibility index (Phi) is 10.3. The van der Waals surface area contributed by atoms with Gasteiger partial charge in [0.2, 0.25) is 17.7 Å². The normalized spacial score (nSPS) is 28.0. The van der Waals surface area contributed by atoms with Gasteiger partial charge in [-0.2, -0.15) is 0 Å². The fourth-order valence-corrected chi connectivity index (χ4v) is 5.75. The van der Waals surface area contributed by atoms with Crippen LogP contribution in [0.25, 0.3) is 0 Å². The molecule has 2 saturated carbocycles. The number of hydrogen-bond acceptors (Lipinski definition) is 6. The molecule has 1 saturated heterocycles. The summed E-state index contributed by atoms with van der Waals surface area (Å²) in [6, 6.07) is 0. The average molecular weight is 481 g/mol. The summed E-state index contributed by atoms with van der Waals surface area (Å²) < 4.78 is 10.5. The third-order valence-electron chi connectivity index (χ3n) is 7.69. The Morgan fingerprint density at radius 3 is 2.24 bits per heavy atom. The molecule has 0 aromatic rings. The van der Waals surface area contributed by atoms with Crippen molar-refractivity contribution < 1.29 is 33.8 Å². The first-order valence-electron chi connectivity index (χ1n) is 12.9. The summed E-state index contributed by atoms with van der Waals surface area (Å²) in [5, 5.41) is 11.4. The minimum atomic E-state index is -0.891. The molecular weight excluding hydrogens is 440 g/mol. The van der Waals surface area contributed by atoms with Crippen LogP contribution in [0.2, 0.25) is 0 Å². The lowest BCUT2D eigenvalue weighted by atomic mass is 9.81. The molecule has 3 amide bonds. The smallest absolute Gasteiger partial charge is 0.305 e. The highest BCUT2D eigenvalue weighted by atomic mass is 16.5. The Morgan fingerprint density at radius 1 is 0.941 bits per heavy atom. The quantitative estimate of drug-likeness (QED) is 0.306. The van der Waals surface area contributed by atoms with Crippen LogP contribution in [0.3, 0.4) is 0 Å². The SMILES string of the molecule is CC1C(=O)N(CC2CCC(C(=O)NCCOCCOCCC(=O)O)CC2)C(=O)C1C1CCCC1. The topological polar surface area (TPSA) is 122 Å². The van der Waals surface area contributed by atoms with Crippen molar-refractivity contribution >= 4 is 23.7 Å². The summed E-state index contributed by atoms with van der Waals surface area (Å²) in [4.78, 5) is 50.2. The fraction of sp³-hybridized carbons (Fsp3) is 0.840. The molecule has 2 aliphatic carbocycles. The van der Waals surface area contributed by atoms with Crippen LogP contribution in [0, 0.1) is 29.6 Å². The summed E-state index contributed by atoms with van der Waals surface area (Å²) in [6.45, 7) is 4.07. The van der Waals surface area contributed by atoms with E-state index in [2.05, 4.69) is 5.32 Å². The van der Waals surface area contributed by atoms with E-state index in [0.717, 1.165) is 51.4 Å². The fourth-order valence-electron chi connectivity index (χ4n) is 5.75. The predicted octanol–water partition coefficient (Wildman–Crippen LogP) is 2.23. The summed E-state index contributed by atoms with van der Waals surface area (Å²) >= 11 is 0. The molecule has 2 atom stereocenters. The Balaban J connectivity index is 1.29. The minimum absolute atomic E-state index is 0.00551. The standard InChI is InChI=1S/C25H40N2O7/c1-17-22(19-4-2-3-5-19)25(32)27(24(17)31)16-18-6-8-20(9-7-18)23(30)26-11-13-34-15-14-33-12-10-21(28)29/h17-20,22H,2-16H2,1H3,(H,26,30)(H,28,29). The zero-order chi connectivity index (χ0) is 24.5. The second kappa shape index (κ2) is 13.2. The third kappa shape index (κ3) is 7.25. The Bertz CT molecular complexity index is 714. The molecule has 1 heterocycles. The van der Waals surface area contributed by atoms with Crippen LogP contribution in [-0.4, -0.2) is 73.2 Å². The number of aliphatic carboxylic acids is 1. The van der Waals surface area contributed by atoms with Gasteiger partial charge >= 0.3 is 5.97 Å². The molecule has 9 nitrogen and oxygen atoms in total. The Hall–Kier alpha value is -2.00. The van der Waals surface area contributed by atoms with Crippen LogP contribution in [-0.2, 0) is 28.7 Å². The maximum Gasteiger partial charge on any atom is 0.305 e. The second-order valence-corrected chi connectivity index (χ2v) is 10.0. The highest BCUT2D eigenvalue weighted by molar-refractivity contribution is 6.05. The number of nitrogens with one attached hydrogen (secondary N) is 1.